The molecule has 2 aliphatic rings. The number of fused-ring (bicyclic) bond motifs is 1. The molecule has 1 fully saturated rings. The Morgan fingerprint density at radius 2 is 1.84 bits per heavy atom. The van der Waals surface area contributed by atoms with Crippen molar-refractivity contribution >= 4 is 5.91 Å². The first-order chi connectivity index (χ1) is 15.5. The van der Waals surface area contributed by atoms with Crippen molar-refractivity contribution < 1.29 is 34.3 Å². The van der Waals surface area contributed by atoms with Crippen molar-refractivity contribution in [3.63, 3.8) is 0 Å². The molecule has 172 valence electrons. The summed E-state index contributed by atoms with van der Waals surface area (Å²) in [4.78, 5) is 14.5. The number of aromatic hydroxyl groups is 1. The van der Waals surface area contributed by atoms with Crippen molar-refractivity contribution in [2.45, 2.75) is 24.7 Å². The van der Waals surface area contributed by atoms with Gasteiger partial charge >= 0.3 is 0 Å². The van der Waals surface area contributed by atoms with Crippen LogP contribution in [-0.2, 0) is 4.79 Å². The molecule has 9 nitrogen and oxygen atoms in total. The number of aliphatic hydroxyl groups is 2. The third kappa shape index (κ3) is 5.61. The van der Waals surface area contributed by atoms with Crippen LogP contribution >= 0.6 is 0 Å². The van der Waals surface area contributed by atoms with Crippen molar-refractivity contribution in [3.8, 4) is 23.0 Å². The van der Waals surface area contributed by atoms with Gasteiger partial charge in [-0.3, -0.25) is 9.69 Å². The summed E-state index contributed by atoms with van der Waals surface area (Å²) in [5, 5.41) is 32.8. The van der Waals surface area contributed by atoms with Gasteiger partial charge < -0.3 is 34.8 Å². The van der Waals surface area contributed by atoms with Crippen molar-refractivity contribution in [1.82, 2.24) is 10.2 Å². The number of hydrogen-bond acceptors (Lipinski definition) is 8. The number of phenolic OH excluding ortho intramolecular Hbond substituents is 1. The average Bonchev–Trinajstić information content (AvgIpc) is 2.78. The maximum Gasteiger partial charge on any atom is 0.223 e. The maximum absolute atomic E-state index is 12.6. The fourth-order valence-electron chi connectivity index (χ4n) is 3.75. The van der Waals surface area contributed by atoms with E-state index in [9.17, 15) is 20.1 Å². The minimum absolute atomic E-state index is 0.105. The molecule has 2 aliphatic heterocycles. The molecular formula is C23H28N2O7. The lowest BCUT2D eigenvalue weighted by molar-refractivity contribution is -0.123. The Hall–Kier alpha value is -3.01. The summed E-state index contributed by atoms with van der Waals surface area (Å²) in [5.41, 5.74) is 0.612. The minimum Gasteiger partial charge on any atom is -0.508 e. The highest BCUT2D eigenvalue weighted by molar-refractivity contribution is 5.76. The van der Waals surface area contributed by atoms with Gasteiger partial charge in [0, 0.05) is 19.6 Å². The second-order valence-corrected chi connectivity index (χ2v) is 7.99. The zero-order valence-corrected chi connectivity index (χ0v) is 17.6. The van der Waals surface area contributed by atoms with Crippen LogP contribution in [0.25, 0.3) is 0 Å². The van der Waals surface area contributed by atoms with Gasteiger partial charge in [-0.2, -0.15) is 0 Å². The Balaban J connectivity index is 1.37. The van der Waals surface area contributed by atoms with Gasteiger partial charge in [0.1, 0.15) is 30.8 Å². The average molecular weight is 444 g/mol. The highest BCUT2D eigenvalue weighted by Gasteiger charge is 2.31. The number of nitrogens with zero attached hydrogens (tertiary/aromatic N) is 1. The number of likely N-dealkylation sites (tertiary alicyclic amines) is 1. The molecule has 0 saturated carbocycles. The van der Waals surface area contributed by atoms with Gasteiger partial charge in [-0.25, -0.2) is 0 Å². The highest BCUT2D eigenvalue weighted by Crippen LogP contribution is 2.33. The molecule has 4 rings (SSSR count). The summed E-state index contributed by atoms with van der Waals surface area (Å²) >= 11 is 0. The fourth-order valence-corrected chi connectivity index (χ4v) is 3.75. The van der Waals surface area contributed by atoms with E-state index in [-0.39, 0.29) is 30.8 Å². The molecule has 2 atom stereocenters. The smallest absolute Gasteiger partial charge is 0.223 e. The number of rotatable bonds is 9. The second kappa shape index (κ2) is 10.1. The van der Waals surface area contributed by atoms with E-state index in [2.05, 4.69) is 5.32 Å². The normalized spacial score (nSPS) is 17.8. The lowest BCUT2D eigenvalue weighted by Gasteiger charge is -2.39. The van der Waals surface area contributed by atoms with Gasteiger partial charge in [0.2, 0.25) is 5.91 Å². The predicted octanol–water partition coefficient (Wildman–Crippen LogP) is 0.827. The quantitative estimate of drug-likeness (QED) is 0.449. The third-order valence-electron chi connectivity index (χ3n) is 5.46. The number of ether oxygens (including phenoxy) is 3. The second-order valence-electron chi connectivity index (χ2n) is 7.99. The largest absolute Gasteiger partial charge is 0.508 e. The van der Waals surface area contributed by atoms with Crippen LogP contribution in [0.2, 0.25) is 0 Å². The van der Waals surface area contributed by atoms with Crippen molar-refractivity contribution in [2.24, 2.45) is 0 Å². The van der Waals surface area contributed by atoms with Crippen LogP contribution in [0.5, 0.6) is 23.0 Å². The first kappa shape index (κ1) is 22.2. The van der Waals surface area contributed by atoms with Gasteiger partial charge in [-0.15, -0.1) is 0 Å². The molecule has 0 aromatic heterocycles. The summed E-state index contributed by atoms with van der Waals surface area (Å²) in [6, 6.07) is 10.9. The molecule has 2 heterocycles. The van der Waals surface area contributed by atoms with Gasteiger partial charge in [0.05, 0.1) is 25.2 Å². The number of β-amino-alcohol motifs (C(OH)–C–C–N with tert-alkyl or cyclic N) is 1. The van der Waals surface area contributed by atoms with Crippen LogP contribution in [0.4, 0.5) is 0 Å². The van der Waals surface area contributed by atoms with Gasteiger partial charge in [-0.05, 0) is 42.0 Å². The Morgan fingerprint density at radius 3 is 2.56 bits per heavy atom. The number of amides is 1. The Kier molecular flexibility index (Phi) is 6.99. The third-order valence-corrected chi connectivity index (χ3v) is 5.46. The van der Waals surface area contributed by atoms with Gasteiger partial charge in [0.15, 0.2) is 11.5 Å². The Bertz CT molecular complexity index is 915. The molecular weight excluding hydrogens is 416 g/mol. The zero-order valence-electron chi connectivity index (χ0n) is 17.6. The monoisotopic (exact) mass is 444 g/mol. The summed E-state index contributed by atoms with van der Waals surface area (Å²) in [7, 11) is 0. The van der Waals surface area contributed by atoms with E-state index in [1.54, 1.807) is 30.3 Å². The number of carbonyl (C=O) groups is 1. The molecule has 0 spiro atoms. The topological polar surface area (TPSA) is 121 Å². The van der Waals surface area contributed by atoms with Crippen LogP contribution in [-0.4, -0.2) is 77.7 Å². The van der Waals surface area contributed by atoms with E-state index in [0.717, 1.165) is 0 Å². The molecule has 1 saturated heterocycles. The number of phenols is 1. The van der Waals surface area contributed by atoms with E-state index >= 15 is 0 Å². The lowest BCUT2D eigenvalue weighted by Crippen LogP contribution is -2.57. The van der Waals surface area contributed by atoms with E-state index in [1.165, 1.54) is 12.1 Å². The molecule has 0 unspecified atom stereocenters. The molecule has 4 N–H and O–H groups in total. The minimum atomic E-state index is -0.967. The van der Waals surface area contributed by atoms with E-state index in [1.807, 2.05) is 4.90 Å². The fraction of sp³-hybridized carbons (Fsp3) is 0.435. The Labute approximate surface area is 186 Å². The molecule has 0 aliphatic carbocycles. The number of benzene rings is 2. The first-order valence-corrected chi connectivity index (χ1v) is 10.7. The molecule has 9 heteroatoms. The number of aliphatic hydroxyl groups excluding tert-OH is 2. The summed E-state index contributed by atoms with van der Waals surface area (Å²) < 4.78 is 16.7. The first-order valence-electron chi connectivity index (χ1n) is 10.7. The van der Waals surface area contributed by atoms with Crippen LogP contribution in [0.15, 0.2) is 42.5 Å². The summed E-state index contributed by atoms with van der Waals surface area (Å²) in [6.07, 6.45) is -1.24. The number of carbonyl (C=O) groups excluding carboxylic acids is 1. The molecule has 32 heavy (non-hydrogen) atoms. The van der Waals surface area contributed by atoms with Crippen LogP contribution in [0.3, 0.4) is 0 Å². The molecule has 0 radical (unpaired) electrons. The summed E-state index contributed by atoms with van der Waals surface area (Å²) in [5.74, 6) is 1.64. The number of hydrogen-bond donors (Lipinski definition) is 4. The van der Waals surface area contributed by atoms with E-state index < -0.39 is 12.1 Å². The molecule has 2 aromatic rings. The highest BCUT2D eigenvalue weighted by atomic mass is 16.6. The van der Waals surface area contributed by atoms with Crippen molar-refractivity contribution in [1.29, 1.82) is 0 Å². The standard InChI is InChI=1S/C23H28N2O7/c26-16-2-4-18(5-3-16)30-8-7-22(28)24-19(14-25-12-17(27)13-25)23(29)15-1-6-20-21(11-15)32-10-9-31-20/h1-6,11,17,19,23,26-27,29H,7-10,12-14H2,(H,24,28)/t19-,23-/m1/s1. The predicted molar refractivity (Wildman–Crippen MR) is 115 cm³/mol. The van der Waals surface area contributed by atoms with Crippen LogP contribution in [0.1, 0.15) is 18.1 Å². The maximum atomic E-state index is 12.6. The van der Waals surface area contributed by atoms with Gasteiger partial charge in [-0.1, -0.05) is 6.07 Å². The zero-order chi connectivity index (χ0) is 22.5. The van der Waals surface area contributed by atoms with Gasteiger partial charge in [0.25, 0.3) is 0 Å². The molecule has 0 bridgehead atoms. The molecule has 2 aromatic carbocycles. The van der Waals surface area contributed by atoms with Crippen molar-refractivity contribution in [3.05, 3.63) is 48.0 Å². The number of nitrogens with one attached hydrogen (secondary N) is 1. The van der Waals surface area contributed by atoms with E-state index in [0.29, 0.717) is 55.7 Å². The lowest BCUT2D eigenvalue weighted by atomic mass is 9.99. The molecule has 1 amide bonds. The SMILES string of the molecule is O=C(CCOc1ccc(O)cc1)N[C@H](CN1CC(O)C1)[C@H](O)c1ccc2c(c1)OCCO2. The van der Waals surface area contributed by atoms with Crippen LogP contribution in [0, 0.1) is 0 Å². The Morgan fingerprint density at radius 1 is 1.12 bits per heavy atom. The van der Waals surface area contributed by atoms with E-state index in [4.69, 9.17) is 14.2 Å². The van der Waals surface area contributed by atoms with Crippen molar-refractivity contribution in [2.75, 3.05) is 39.5 Å². The van der Waals surface area contributed by atoms with Crippen LogP contribution < -0.4 is 19.5 Å². The summed E-state index contributed by atoms with van der Waals surface area (Å²) in [6.45, 7) is 2.49.